The van der Waals surface area contributed by atoms with E-state index >= 15 is 0 Å². The monoisotopic (exact) mass is 790 g/mol. The summed E-state index contributed by atoms with van der Waals surface area (Å²) in [5.41, 5.74) is 16.6. The molecule has 0 saturated carbocycles. The average Bonchev–Trinajstić information content (AvgIpc) is 3.87. The molecule has 0 bridgehead atoms. The van der Waals surface area contributed by atoms with Crippen molar-refractivity contribution in [2.45, 2.75) is 0 Å². The van der Waals surface area contributed by atoms with Gasteiger partial charge in [0.2, 0.25) is 0 Å². The molecule has 3 heterocycles. The number of benzene rings is 9. The first kappa shape index (κ1) is 35.6. The van der Waals surface area contributed by atoms with Crippen LogP contribution in [-0.4, -0.2) is 19.1 Å². The molecule has 0 amide bonds. The van der Waals surface area contributed by atoms with E-state index in [0.717, 1.165) is 45.0 Å². The first-order chi connectivity index (χ1) is 30.7. The summed E-state index contributed by atoms with van der Waals surface area (Å²) in [7, 11) is 0. The minimum atomic E-state index is 0.709. The Morgan fingerprint density at radius 1 is 0.242 bits per heavy atom. The van der Waals surface area contributed by atoms with Gasteiger partial charge in [0.1, 0.15) is 0 Å². The first-order valence-electron chi connectivity index (χ1n) is 21.1. The van der Waals surface area contributed by atoms with Gasteiger partial charge in [-0.1, -0.05) is 170 Å². The van der Waals surface area contributed by atoms with E-state index in [0.29, 0.717) is 5.82 Å². The summed E-state index contributed by atoms with van der Waals surface area (Å²) in [6, 6.07) is 82.2. The van der Waals surface area contributed by atoms with Crippen LogP contribution in [0.2, 0.25) is 0 Å². The maximum Gasteiger partial charge on any atom is 0.160 e. The molecule has 12 rings (SSSR count). The van der Waals surface area contributed by atoms with Gasteiger partial charge in [-0.15, -0.1) is 0 Å². The highest BCUT2D eigenvalue weighted by atomic mass is 15.0. The number of aromatic nitrogens is 4. The van der Waals surface area contributed by atoms with Crippen LogP contribution in [0.1, 0.15) is 0 Å². The molecular weight excluding hydrogens is 753 g/mol. The number of rotatable bonds is 7. The fourth-order valence-corrected chi connectivity index (χ4v) is 9.14. The molecule has 0 saturated heterocycles. The van der Waals surface area contributed by atoms with Crippen LogP contribution in [0.3, 0.4) is 0 Å². The third-order valence-electron chi connectivity index (χ3n) is 12.2. The predicted molar refractivity (Wildman–Crippen MR) is 258 cm³/mol. The van der Waals surface area contributed by atoms with Crippen LogP contribution < -0.4 is 0 Å². The van der Waals surface area contributed by atoms with Crippen molar-refractivity contribution < 1.29 is 0 Å². The number of fused-ring (bicyclic) bond motifs is 6. The molecule has 4 nitrogen and oxygen atoms in total. The highest BCUT2D eigenvalue weighted by molar-refractivity contribution is 6.12. The third kappa shape index (κ3) is 6.08. The first-order valence-corrected chi connectivity index (χ1v) is 21.1. The normalized spacial score (nSPS) is 11.5. The smallest absolute Gasteiger partial charge is 0.160 e. The molecule has 290 valence electrons. The minimum Gasteiger partial charge on any atom is -0.309 e. The van der Waals surface area contributed by atoms with Crippen molar-refractivity contribution in [1.29, 1.82) is 0 Å². The lowest BCUT2D eigenvalue weighted by molar-refractivity contribution is 1.17. The molecule has 0 aliphatic heterocycles. The van der Waals surface area contributed by atoms with Crippen LogP contribution in [-0.2, 0) is 0 Å². The highest BCUT2D eigenvalue weighted by Gasteiger charge is 2.17. The Labute approximate surface area is 359 Å². The van der Waals surface area contributed by atoms with Crippen molar-refractivity contribution in [3.8, 4) is 67.5 Å². The van der Waals surface area contributed by atoms with Crippen LogP contribution in [0.4, 0.5) is 0 Å². The summed E-state index contributed by atoms with van der Waals surface area (Å²) >= 11 is 0. The summed E-state index contributed by atoms with van der Waals surface area (Å²) < 4.78 is 4.78. The van der Waals surface area contributed by atoms with Gasteiger partial charge < -0.3 is 9.13 Å². The van der Waals surface area contributed by atoms with Gasteiger partial charge in [-0.25, -0.2) is 9.97 Å². The number of hydrogen-bond donors (Lipinski definition) is 0. The standard InChI is InChI=1S/C58H38N4/c1-4-14-39(15-5-1)40-24-30-46(31-25-40)61-55-23-13-11-21-49(55)51-36-44(29-35-56(51)61)45-28-34-50-48-20-10-12-22-54(48)62(57(50)37-45)47-32-26-42(27-33-47)53-38-52(41-16-6-2-7-17-41)59-58(60-53)43-18-8-3-9-19-43/h1-38H. The molecule has 0 N–H and O–H groups in total. The number of para-hydroxylation sites is 2. The molecule has 4 heteroatoms. The molecule has 0 atom stereocenters. The summed E-state index contributed by atoms with van der Waals surface area (Å²) in [6.07, 6.45) is 0. The lowest BCUT2D eigenvalue weighted by Crippen LogP contribution is -1.97. The Bertz CT molecular complexity index is 3530. The Morgan fingerprint density at radius 3 is 1.27 bits per heavy atom. The fraction of sp³-hybridized carbons (Fsp3) is 0. The topological polar surface area (TPSA) is 35.6 Å². The molecule has 62 heavy (non-hydrogen) atoms. The van der Waals surface area contributed by atoms with Crippen molar-refractivity contribution in [1.82, 2.24) is 19.1 Å². The van der Waals surface area contributed by atoms with E-state index in [-0.39, 0.29) is 0 Å². The number of nitrogens with zero attached hydrogens (tertiary/aromatic N) is 4. The van der Waals surface area contributed by atoms with Crippen LogP contribution in [0, 0.1) is 0 Å². The van der Waals surface area contributed by atoms with Crippen molar-refractivity contribution in [3.05, 3.63) is 231 Å². The van der Waals surface area contributed by atoms with E-state index in [2.05, 4.69) is 215 Å². The Balaban J connectivity index is 0.952. The lowest BCUT2D eigenvalue weighted by Gasteiger charge is -2.12. The summed E-state index contributed by atoms with van der Waals surface area (Å²) in [4.78, 5) is 10.1. The van der Waals surface area contributed by atoms with Crippen molar-refractivity contribution in [2.75, 3.05) is 0 Å². The number of hydrogen-bond acceptors (Lipinski definition) is 2. The molecular formula is C58H38N4. The Kier molecular flexibility index (Phi) is 8.46. The molecule has 0 fully saturated rings. The van der Waals surface area contributed by atoms with Crippen LogP contribution in [0.15, 0.2) is 231 Å². The minimum absolute atomic E-state index is 0.709. The maximum absolute atomic E-state index is 5.09. The Morgan fingerprint density at radius 2 is 0.645 bits per heavy atom. The van der Waals surface area contributed by atoms with E-state index in [9.17, 15) is 0 Å². The molecule has 12 aromatic rings. The van der Waals surface area contributed by atoms with E-state index in [1.807, 2.05) is 24.3 Å². The second-order valence-electron chi connectivity index (χ2n) is 15.8. The van der Waals surface area contributed by atoms with Crippen molar-refractivity contribution in [3.63, 3.8) is 0 Å². The maximum atomic E-state index is 5.09. The van der Waals surface area contributed by atoms with Crippen LogP contribution in [0.5, 0.6) is 0 Å². The van der Waals surface area contributed by atoms with Gasteiger partial charge in [-0.3, -0.25) is 0 Å². The molecule has 0 aliphatic rings. The molecule has 0 unspecified atom stereocenters. The van der Waals surface area contributed by atoms with E-state index in [1.54, 1.807) is 0 Å². The third-order valence-corrected chi connectivity index (χ3v) is 12.2. The zero-order valence-electron chi connectivity index (χ0n) is 33.7. The van der Waals surface area contributed by atoms with Gasteiger partial charge in [0, 0.05) is 49.6 Å². The zero-order valence-corrected chi connectivity index (χ0v) is 33.7. The quantitative estimate of drug-likeness (QED) is 0.161. The van der Waals surface area contributed by atoms with Gasteiger partial charge in [0.15, 0.2) is 5.82 Å². The van der Waals surface area contributed by atoms with Gasteiger partial charge >= 0.3 is 0 Å². The van der Waals surface area contributed by atoms with Crippen molar-refractivity contribution in [2.24, 2.45) is 0 Å². The molecule has 3 aromatic heterocycles. The Hall–Kier alpha value is -8.34. The largest absolute Gasteiger partial charge is 0.309 e. The highest BCUT2D eigenvalue weighted by Crippen LogP contribution is 2.39. The van der Waals surface area contributed by atoms with Crippen LogP contribution >= 0.6 is 0 Å². The summed E-state index contributed by atoms with van der Waals surface area (Å²) in [5, 5.41) is 4.92. The second kappa shape index (κ2) is 14.7. The zero-order chi connectivity index (χ0) is 41.0. The second-order valence-corrected chi connectivity index (χ2v) is 15.8. The lowest BCUT2D eigenvalue weighted by atomic mass is 10.0. The fourth-order valence-electron chi connectivity index (χ4n) is 9.14. The SMILES string of the molecule is c1ccc(-c2ccc(-n3c4ccccc4c4cc(-c5ccc6c7ccccc7n(-c7ccc(-c8cc(-c9ccccc9)nc(-c9ccccc9)n8)cc7)c6c5)ccc43)cc2)cc1. The van der Waals surface area contributed by atoms with Crippen molar-refractivity contribution >= 4 is 43.6 Å². The van der Waals surface area contributed by atoms with Gasteiger partial charge in [-0.2, -0.15) is 0 Å². The van der Waals surface area contributed by atoms with Gasteiger partial charge in [-0.05, 0) is 82.9 Å². The molecule has 9 aromatic carbocycles. The van der Waals surface area contributed by atoms with Gasteiger partial charge in [0.25, 0.3) is 0 Å². The predicted octanol–water partition coefficient (Wildman–Crippen LogP) is 15.0. The average molecular weight is 791 g/mol. The van der Waals surface area contributed by atoms with Gasteiger partial charge in [0.05, 0.1) is 33.5 Å². The molecule has 0 aliphatic carbocycles. The van der Waals surface area contributed by atoms with E-state index < -0.39 is 0 Å². The molecule has 0 radical (unpaired) electrons. The van der Waals surface area contributed by atoms with E-state index in [4.69, 9.17) is 9.97 Å². The molecule has 0 spiro atoms. The summed E-state index contributed by atoms with van der Waals surface area (Å²) in [5.74, 6) is 0.709. The summed E-state index contributed by atoms with van der Waals surface area (Å²) in [6.45, 7) is 0. The van der Waals surface area contributed by atoms with Crippen LogP contribution in [0.25, 0.3) is 111 Å². The van der Waals surface area contributed by atoms with E-state index in [1.165, 1.54) is 60.3 Å².